The number of ether oxygens (including phenoxy) is 3. The molecule has 8 heteroatoms. The van der Waals surface area contributed by atoms with Gasteiger partial charge in [0.05, 0.1) is 19.3 Å². The minimum Gasteiger partial charge on any atom is -0.467 e. The number of halogens is 1. The third kappa shape index (κ3) is 5.05. The highest BCUT2D eigenvalue weighted by atomic mass is 19.1. The molecule has 1 aromatic carbocycles. The molecule has 0 aliphatic carbocycles. The van der Waals surface area contributed by atoms with E-state index in [9.17, 15) is 14.3 Å². The van der Waals surface area contributed by atoms with Crippen LogP contribution in [0.2, 0.25) is 0 Å². The molecule has 0 saturated carbocycles. The lowest BCUT2D eigenvalue weighted by Crippen LogP contribution is -2.44. The van der Waals surface area contributed by atoms with Crippen molar-refractivity contribution in [2.45, 2.75) is 25.6 Å². The molecule has 0 saturated heterocycles. The first-order valence-electron chi connectivity index (χ1n) is 7.30. The van der Waals surface area contributed by atoms with E-state index >= 15 is 0 Å². The molecule has 1 aliphatic heterocycles. The third-order valence-corrected chi connectivity index (χ3v) is 3.42. The van der Waals surface area contributed by atoms with Crippen molar-refractivity contribution in [2.75, 3.05) is 27.1 Å². The monoisotopic (exact) mass is 328 g/mol. The van der Waals surface area contributed by atoms with E-state index in [0.29, 0.717) is 29.9 Å². The fourth-order valence-electron chi connectivity index (χ4n) is 2.27. The Morgan fingerprint density at radius 2 is 2.35 bits per heavy atom. The summed E-state index contributed by atoms with van der Waals surface area (Å²) in [5, 5.41) is 14.5. The predicted octanol–water partition coefficient (Wildman–Crippen LogP) is 0.889. The zero-order valence-electron chi connectivity index (χ0n) is 12.9. The van der Waals surface area contributed by atoms with Gasteiger partial charge in [0.1, 0.15) is 11.6 Å². The number of hydrogen-bond donors (Lipinski definition) is 3. The lowest BCUT2D eigenvalue weighted by atomic mass is 10.1. The zero-order chi connectivity index (χ0) is 16.7. The molecule has 0 spiro atoms. The molecule has 2 amide bonds. The fourth-order valence-corrected chi connectivity index (χ4v) is 2.27. The van der Waals surface area contributed by atoms with Gasteiger partial charge in [0.15, 0.2) is 6.79 Å². The Bertz CT molecular complexity index is 541. The van der Waals surface area contributed by atoms with Crippen molar-refractivity contribution >= 4 is 6.03 Å². The number of aliphatic hydroxyl groups excluding tert-OH is 1. The number of fused-ring (bicyclic) bond motifs is 1. The molecule has 0 aromatic heterocycles. The van der Waals surface area contributed by atoms with Gasteiger partial charge in [0.25, 0.3) is 0 Å². The van der Waals surface area contributed by atoms with Gasteiger partial charge in [-0.1, -0.05) is 0 Å². The normalized spacial score (nSPS) is 14.6. The van der Waals surface area contributed by atoms with Crippen LogP contribution in [0.15, 0.2) is 12.1 Å². The molecule has 1 heterocycles. The van der Waals surface area contributed by atoms with Crippen LogP contribution in [-0.4, -0.2) is 44.3 Å². The summed E-state index contributed by atoms with van der Waals surface area (Å²) in [6.45, 7) is 0.717. The van der Waals surface area contributed by atoms with Gasteiger partial charge in [-0.05, 0) is 18.6 Å². The Labute approximate surface area is 133 Å². The van der Waals surface area contributed by atoms with E-state index in [1.54, 1.807) is 7.11 Å². The minimum atomic E-state index is -0.453. The topological polar surface area (TPSA) is 89.1 Å². The maximum Gasteiger partial charge on any atom is 0.315 e. The van der Waals surface area contributed by atoms with Gasteiger partial charge in [0, 0.05) is 31.4 Å². The second-order valence-electron chi connectivity index (χ2n) is 5.15. The molecular formula is C15H21FN2O5. The molecule has 0 bridgehead atoms. The van der Waals surface area contributed by atoms with Gasteiger partial charge in [-0.15, -0.1) is 0 Å². The number of carbonyl (C=O) groups is 1. The summed E-state index contributed by atoms with van der Waals surface area (Å²) < 4.78 is 29.0. The standard InChI is InChI=1S/C15H21FN2O5/c1-21-3-2-13(7-19)18-15(20)17-6-10-4-12(16)5-11-8-22-9-23-14(10)11/h4-5,13,19H,2-3,6-9H2,1H3,(H2,17,18,20)/t13-/m0/s1. The second-order valence-corrected chi connectivity index (χ2v) is 5.15. The summed E-state index contributed by atoms with van der Waals surface area (Å²) in [6, 6.07) is 1.81. The number of benzene rings is 1. The first kappa shape index (κ1) is 17.5. The maximum atomic E-state index is 13.6. The van der Waals surface area contributed by atoms with E-state index in [1.165, 1.54) is 12.1 Å². The lowest BCUT2D eigenvalue weighted by molar-refractivity contribution is -0.0173. The number of urea groups is 1. The van der Waals surface area contributed by atoms with E-state index in [2.05, 4.69) is 10.6 Å². The van der Waals surface area contributed by atoms with Gasteiger partial charge in [-0.3, -0.25) is 0 Å². The van der Waals surface area contributed by atoms with Crippen LogP contribution in [0, 0.1) is 5.82 Å². The highest BCUT2D eigenvalue weighted by molar-refractivity contribution is 5.74. The molecule has 23 heavy (non-hydrogen) atoms. The quantitative estimate of drug-likeness (QED) is 0.692. The Morgan fingerprint density at radius 1 is 1.52 bits per heavy atom. The van der Waals surface area contributed by atoms with Gasteiger partial charge in [-0.25, -0.2) is 9.18 Å². The first-order valence-corrected chi connectivity index (χ1v) is 7.30. The van der Waals surface area contributed by atoms with Crippen LogP contribution in [0.3, 0.4) is 0 Å². The summed E-state index contributed by atoms with van der Waals surface area (Å²) in [5.74, 6) is 0.124. The van der Waals surface area contributed by atoms with Crippen molar-refractivity contribution in [3.8, 4) is 5.75 Å². The van der Waals surface area contributed by atoms with Crippen molar-refractivity contribution in [1.29, 1.82) is 0 Å². The van der Waals surface area contributed by atoms with Gasteiger partial charge in [-0.2, -0.15) is 0 Å². The summed E-state index contributed by atoms with van der Waals surface area (Å²) in [4.78, 5) is 11.9. The molecule has 3 N–H and O–H groups in total. The summed E-state index contributed by atoms with van der Waals surface area (Å²) >= 11 is 0. The second kappa shape index (κ2) is 8.66. The minimum absolute atomic E-state index is 0.0986. The van der Waals surface area contributed by atoms with Crippen LogP contribution in [0.25, 0.3) is 0 Å². The van der Waals surface area contributed by atoms with Crippen LogP contribution in [0.5, 0.6) is 5.75 Å². The molecule has 128 valence electrons. The fraction of sp³-hybridized carbons (Fsp3) is 0.533. The Kier molecular flexibility index (Phi) is 6.57. The molecule has 1 aromatic rings. The third-order valence-electron chi connectivity index (χ3n) is 3.42. The molecule has 1 aliphatic rings. The number of amides is 2. The van der Waals surface area contributed by atoms with E-state index < -0.39 is 17.9 Å². The highest BCUT2D eigenvalue weighted by Crippen LogP contribution is 2.29. The van der Waals surface area contributed by atoms with Crippen molar-refractivity contribution in [2.24, 2.45) is 0 Å². The highest BCUT2D eigenvalue weighted by Gasteiger charge is 2.18. The number of hydrogen-bond acceptors (Lipinski definition) is 5. The number of aliphatic hydroxyl groups is 1. The molecule has 7 nitrogen and oxygen atoms in total. The molecule has 0 radical (unpaired) electrons. The van der Waals surface area contributed by atoms with Crippen LogP contribution < -0.4 is 15.4 Å². The molecular weight excluding hydrogens is 307 g/mol. The van der Waals surface area contributed by atoms with Crippen LogP contribution in [-0.2, 0) is 22.6 Å². The van der Waals surface area contributed by atoms with E-state index in [1.807, 2.05) is 0 Å². The SMILES string of the molecule is COCC[C@@H](CO)NC(=O)NCc1cc(F)cc2c1OCOC2. The van der Waals surface area contributed by atoms with Gasteiger partial charge in [0.2, 0.25) is 0 Å². The summed E-state index contributed by atoms with van der Waals surface area (Å²) in [5.41, 5.74) is 1.15. The van der Waals surface area contributed by atoms with Gasteiger partial charge >= 0.3 is 6.03 Å². The molecule has 0 unspecified atom stereocenters. The largest absolute Gasteiger partial charge is 0.467 e. The van der Waals surface area contributed by atoms with Crippen molar-refractivity contribution in [1.82, 2.24) is 10.6 Å². The van der Waals surface area contributed by atoms with Crippen LogP contribution in [0.1, 0.15) is 17.5 Å². The molecule has 0 fully saturated rings. The maximum absolute atomic E-state index is 13.6. The van der Waals surface area contributed by atoms with Crippen molar-refractivity contribution in [3.63, 3.8) is 0 Å². The average molecular weight is 328 g/mol. The van der Waals surface area contributed by atoms with Crippen molar-refractivity contribution < 1.29 is 28.5 Å². The van der Waals surface area contributed by atoms with E-state index in [0.717, 1.165) is 0 Å². The molecule has 1 atom stereocenters. The Hall–Kier alpha value is -1.90. The first-order chi connectivity index (χ1) is 11.1. The van der Waals surface area contributed by atoms with Crippen LogP contribution >= 0.6 is 0 Å². The predicted molar refractivity (Wildman–Crippen MR) is 79.4 cm³/mol. The van der Waals surface area contributed by atoms with Gasteiger partial charge < -0.3 is 30.0 Å². The lowest BCUT2D eigenvalue weighted by Gasteiger charge is -2.21. The Morgan fingerprint density at radius 3 is 3.09 bits per heavy atom. The van der Waals surface area contributed by atoms with Crippen molar-refractivity contribution in [3.05, 3.63) is 29.1 Å². The number of nitrogens with one attached hydrogen (secondary N) is 2. The van der Waals surface area contributed by atoms with E-state index in [-0.39, 0.29) is 26.6 Å². The summed E-state index contributed by atoms with van der Waals surface area (Å²) in [6.07, 6.45) is 0.496. The smallest absolute Gasteiger partial charge is 0.315 e. The average Bonchev–Trinajstić information content (AvgIpc) is 2.56. The number of methoxy groups -OCH3 is 1. The van der Waals surface area contributed by atoms with E-state index in [4.69, 9.17) is 14.2 Å². The van der Waals surface area contributed by atoms with Crippen LogP contribution in [0.4, 0.5) is 9.18 Å². The Balaban J connectivity index is 1.92. The summed E-state index contributed by atoms with van der Waals surface area (Å²) in [7, 11) is 1.55. The zero-order valence-corrected chi connectivity index (χ0v) is 12.9. The number of carbonyl (C=O) groups excluding carboxylic acids is 1. The molecule has 2 rings (SSSR count). The number of rotatable bonds is 7.